The van der Waals surface area contributed by atoms with Crippen molar-refractivity contribution in [3.05, 3.63) is 0 Å². The number of carbonyl (C=O) groups is 1. The van der Waals surface area contributed by atoms with Crippen molar-refractivity contribution >= 4 is 6.09 Å². The first-order chi connectivity index (χ1) is 7.72. The minimum atomic E-state index is -0.274. The van der Waals surface area contributed by atoms with Crippen LogP contribution >= 0.6 is 0 Å². The number of hydrogen-bond donors (Lipinski definition) is 0. The highest BCUT2D eigenvalue weighted by molar-refractivity contribution is 5.67. The summed E-state index contributed by atoms with van der Waals surface area (Å²) < 4.78 is 4.66. The van der Waals surface area contributed by atoms with Crippen molar-refractivity contribution in [2.45, 2.75) is 25.8 Å². The van der Waals surface area contributed by atoms with E-state index in [0.29, 0.717) is 13.1 Å². The second kappa shape index (κ2) is 6.33. The quantitative estimate of drug-likeness (QED) is 0.720. The third-order valence-corrected chi connectivity index (χ3v) is 2.90. The fourth-order valence-electron chi connectivity index (χ4n) is 1.95. The highest BCUT2D eigenvalue weighted by Crippen LogP contribution is 2.10. The predicted octanol–water partition coefficient (Wildman–Crippen LogP) is 1.06. The topological polar surface area (TPSA) is 56.6 Å². The molecular formula is C11H19N3O2. The van der Waals surface area contributed by atoms with Crippen LogP contribution in [0, 0.1) is 11.3 Å². The van der Waals surface area contributed by atoms with E-state index >= 15 is 0 Å². The summed E-state index contributed by atoms with van der Waals surface area (Å²) in [5.41, 5.74) is 0. The lowest BCUT2D eigenvalue weighted by Gasteiger charge is -2.36. The normalized spacial score (nSPS) is 18.9. The van der Waals surface area contributed by atoms with Crippen LogP contribution in [0.3, 0.4) is 0 Å². The average Bonchev–Trinajstić information content (AvgIpc) is 2.35. The minimum Gasteiger partial charge on any atom is -0.453 e. The number of ether oxygens (including phenoxy) is 1. The smallest absolute Gasteiger partial charge is 0.409 e. The molecule has 0 radical (unpaired) electrons. The molecule has 1 aliphatic rings. The standard InChI is InChI=1S/C11H19N3O2/c1-3-4-10(9-12)13-5-7-14(8-6-13)11(15)16-2/h10H,3-8H2,1-2H3. The Balaban J connectivity index is 2.42. The molecule has 5 heteroatoms. The van der Waals surface area contributed by atoms with E-state index in [2.05, 4.69) is 22.6 Å². The largest absolute Gasteiger partial charge is 0.453 e. The van der Waals surface area contributed by atoms with Gasteiger partial charge in [-0.25, -0.2) is 4.79 Å². The van der Waals surface area contributed by atoms with Crippen molar-refractivity contribution in [3.63, 3.8) is 0 Å². The molecule has 0 aromatic rings. The van der Waals surface area contributed by atoms with Gasteiger partial charge in [0.15, 0.2) is 0 Å². The van der Waals surface area contributed by atoms with Crippen LogP contribution in [0.5, 0.6) is 0 Å². The highest BCUT2D eigenvalue weighted by atomic mass is 16.5. The van der Waals surface area contributed by atoms with Gasteiger partial charge in [0.05, 0.1) is 19.2 Å². The lowest BCUT2D eigenvalue weighted by molar-refractivity contribution is 0.0820. The molecular weight excluding hydrogens is 206 g/mol. The molecule has 0 aromatic heterocycles. The maximum absolute atomic E-state index is 11.3. The van der Waals surface area contributed by atoms with Gasteiger partial charge in [0.1, 0.15) is 0 Å². The Bertz CT molecular complexity index is 267. The Morgan fingerprint density at radius 3 is 2.50 bits per heavy atom. The van der Waals surface area contributed by atoms with Crippen molar-refractivity contribution in [1.29, 1.82) is 5.26 Å². The first kappa shape index (κ1) is 12.8. The van der Waals surface area contributed by atoms with Crippen molar-refractivity contribution in [1.82, 2.24) is 9.80 Å². The molecule has 0 aliphatic carbocycles. The molecule has 0 bridgehead atoms. The Hall–Kier alpha value is -1.28. The van der Waals surface area contributed by atoms with Crippen LogP contribution in [0.25, 0.3) is 0 Å². The zero-order valence-corrected chi connectivity index (χ0v) is 9.98. The van der Waals surface area contributed by atoms with E-state index in [1.807, 2.05) is 0 Å². The minimum absolute atomic E-state index is 0.00945. The van der Waals surface area contributed by atoms with Gasteiger partial charge in [-0.1, -0.05) is 13.3 Å². The average molecular weight is 225 g/mol. The number of amides is 1. The van der Waals surface area contributed by atoms with Gasteiger partial charge in [-0.05, 0) is 6.42 Å². The van der Waals surface area contributed by atoms with Crippen molar-refractivity contribution in [3.8, 4) is 6.07 Å². The van der Waals surface area contributed by atoms with Gasteiger partial charge in [-0.3, -0.25) is 4.90 Å². The molecule has 0 N–H and O–H groups in total. The van der Waals surface area contributed by atoms with Crippen LogP contribution in [0.4, 0.5) is 4.79 Å². The maximum atomic E-state index is 11.3. The number of carbonyl (C=O) groups excluding carboxylic acids is 1. The molecule has 1 amide bonds. The Labute approximate surface area is 96.6 Å². The summed E-state index contributed by atoms with van der Waals surface area (Å²) in [5.74, 6) is 0. The summed E-state index contributed by atoms with van der Waals surface area (Å²) in [4.78, 5) is 15.1. The number of piperazine rings is 1. The summed E-state index contributed by atoms with van der Waals surface area (Å²) in [6.45, 7) is 4.89. The van der Waals surface area contributed by atoms with Crippen LogP contribution in [-0.4, -0.2) is 55.2 Å². The fraction of sp³-hybridized carbons (Fsp3) is 0.818. The molecule has 90 valence electrons. The number of rotatable bonds is 3. The van der Waals surface area contributed by atoms with Crippen molar-refractivity contribution in [2.24, 2.45) is 0 Å². The van der Waals surface area contributed by atoms with E-state index in [0.717, 1.165) is 25.9 Å². The predicted molar refractivity (Wildman–Crippen MR) is 59.9 cm³/mol. The second-order valence-corrected chi connectivity index (χ2v) is 3.93. The summed E-state index contributed by atoms with van der Waals surface area (Å²) >= 11 is 0. The Morgan fingerprint density at radius 1 is 1.44 bits per heavy atom. The van der Waals surface area contributed by atoms with Crippen molar-refractivity contribution in [2.75, 3.05) is 33.3 Å². The van der Waals surface area contributed by atoms with E-state index in [-0.39, 0.29) is 12.1 Å². The molecule has 0 saturated carbocycles. The summed E-state index contributed by atoms with van der Waals surface area (Å²) in [5, 5.41) is 9.03. The van der Waals surface area contributed by atoms with E-state index in [1.165, 1.54) is 7.11 Å². The molecule has 1 fully saturated rings. The lowest BCUT2D eigenvalue weighted by Crippen LogP contribution is -2.51. The van der Waals surface area contributed by atoms with E-state index in [9.17, 15) is 4.79 Å². The third-order valence-electron chi connectivity index (χ3n) is 2.90. The van der Waals surface area contributed by atoms with Gasteiger partial charge in [-0.15, -0.1) is 0 Å². The van der Waals surface area contributed by atoms with E-state index in [1.54, 1.807) is 4.90 Å². The molecule has 16 heavy (non-hydrogen) atoms. The molecule has 1 unspecified atom stereocenters. The molecule has 1 rings (SSSR count). The van der Waals surface area contributed by atoms with Gasteiger partial charge in [0, 0.05) is 26.2 Å². The summed E-state index contributed by atoms with van der Waals surface area (Å²) in [7, 11) is 1.39. The Morgan fingerprint density at radius 2 is 2.06 bits per heavy atom. The van der Waals surface area contributed by atoms with Crippen LogP contribution in [0.15, 0.2) is 0 Å². The van der Waals surface area contributed by atoms with Gasteiger partial charge in [-0.2, -0.15) is 5.26 Å². The van der Waals surface area contributed by atoms with E-state index in [4.69, 9.17) is 5.26 Å². The first-order valence-corrected chi connectivity index (χ1v) is 5.69. The van der Waals surface area contributed by atoms with Crippen LogP contribution in [0.1, 0.15) is 19.8 Å². The molecule has 1 heterocycles. The van der Waals surface area contributed by atoms with Gasteiger partial charge < -0.3 is 9.64 Å². The molecule has 1 saturated heterocycles. The maximum Gasteiger partial charge on any atom is 0.409 e. The third kappa shape index (κ3) is 3.11. The first-order valence-electron chi connectivity index (χ1n) is 5.69. The zero-order valence-electron chi connectivity index (χ0n) is 9.98. The molecule has 1 atom stereocenters. The fourth-order valence-corrected chi connectivity index (χ4v) is 1.95. The number of methoxy groups -OCH3 is 1. The number of hydrogen-bond acceptors (Lipinski definition) is 4. The second-order valence-electron chi connectivity index (χ2n) is 3.93. The number of nitrogens with zero attached hydrogens (tertiary/aromatic N) is 3. The van der Waals surface area contributed by atoms with Crippen molar-refractivity contribution < 1.29 is 9.53 Å². The SMILES string of the molecule is CCCC(C#N)N1CCN(C(=O)OC)CC1. The summed E-state index contributed by atoms with van der Waals surface area (Å²) in [6, 6.07) is 2.31. The van der Waals surface area contributed by atoms with Crippen LogP contribution < -0.4 is 0 Å². The van der Waals surface area contributed by atoms with Gasteiger partial charge >= 0.3 is 6.09 Å². The Kier molecular flexibility index (Phi) is 5.06. The van der Waals surface area contributed by atoms with Gasteiger partial charge in [0.25, 0.3) is 0 Å². The van der Waals surface area contributed by atoms with E-state index < -0.39 is 0 Å². The number of nitriles is 1. The lowest BCUT2D eigenvalue weighted by atomic mass is 10.1. The monoisotopic (exact) mass is 225 g/mol. The molecule has 0 aromatic carbocycles. The molecule has 5 nitrogen and oxygen atoms in total. The van der Waals surface area contributed by atoms with Crippen LogP contribution in [0.2, 0.25) is 0 Å². The zero-order chi connectivity index (χ0) is 12.0. The molecule has 1 aliphatic heterocycles. The molecule has 0 spiro atoms. The highest BCUT2D eigenvalue weighted by Gasteiger charge is 2.25. The van der Waals surface area contributed by atoms with Gasteiger partial charge in [0.2, 0.25) is 0 Å². The van der Waals surface area contributed by atoms with Crippen LogP contribution in [-0.2, 0) is 4.74 Å². The summed E-state index contributed by atoms with van der Waals surface area (Å²) in [6.07, 6.45) is 1.63.